The summed E-state index contributed by atoms with van der Waals surface area (Å²) in [5.41, 5.74) is 6.23. The number of piperidine rings is 1. The molecular weight excluding hydrogens is 371 g/mol. The number of primary amides is 1. The molecule has 3 heterocycles. The van der Waals surface area contributed by atoms with Gasteiger partial charge in [0.1, 0.15) is 5.76 Å². The second-order valence-corrected chi connectivity index (χ2v) is 7.39. The fourth-order valence-electron chi connectivity index (χ4n) is 4.05. The van der Waals surface area contributed by atoms with Crippen LogP contribution >= 0.6 is 0 Å². The quantitative estimate of drug-likeness (QED) is 0.658. The highest BCUT2D eigenvalue weighted by molar-refractivity contribution is 6.04. The molecule has 4 rings (SSSR count). The molecular formula is C20H22F3N3O2. The van der Waals surface area contributed by atoms with Crippen LogP contribution in [0.1, 0.15) is 49.5 Å². The molecule has 1 unspecified atom stereocenters. The number of nitrogens with two attached hydrogens (primary N) is 1. The molecule has 28 heavy (non-hydrogen) atoms. The third-order valence-electron chi connectivity index (χ3n) is 5.44. The highest BCUT2D eigenvalue weighted by Gasteiger charge is 2.31. The molecule has 3 aromatic rings. The van der Waals surface area contributed by atoms with E-state index >= 15 is 0 Å². The normalized spacial score (nSPS) is 17.4. The van der Waals surface area contributed by atoms with Crippen molar-refractivity contribution in [2.24, 2.45) is 5.73 Å². The molecule has 0 aliphatic carbocycles. The lowest BCUT2D eigenvalue weighted by molar-refractivity contribution is -0.137. The maximum atomic E-state index is 12.9. The average molecular weight is 393 g/mol. The first kappa shape index (κ1) is 18.9. The number of halogens is 3. The first-order valence-corrected chi connectivity index (χ1v) is 9.47. The molecule has 0 saturated carbocycles. The van der Waals surface area contributed by atoms with E-state index in [1.54, 1.807) is 0 Å². The number of hydrogen-bond acceptors (Lipinski definition) is 3. The number of alkyl halides is 3. The number of carbonyl (C=O) groups is 1. The van der Waals surface area contributed by atoms with Crippen molar-refractivity contribution in [3.05, 3.63) is 35.6 Å². The van der Waals surface area contributed by atoms with E-state index in [0.717, 1.165) is 38.1 Å². The van der Waals surface area contributed by atoms with E-state index in [1.807, 2.05) is 6.07 Å². The lowest BCUT2D eigenvalue weighted by Crippen LogP contribution is -2.34. The standard InChI is InChI=1S/C20H22F3N3O2/c21-20(22,23)12-4-5-13-14(10-12)25-15-11-17(28-19(13)15)16(6-7-18(24)27)26-8-2-1-3-9-26/h4-5,10-11,16,25H,1-3,6-9H2,(H2,24,27). The van der Waals surface area contributed by atoms with Crippen LogP contribution in [-0.4, -0.2) is 28.9 Å². The largest absolute Gasteiger partial charge is 0.457 e. The van der Waals surface area contributed by atoms with Gasteiger partial charge in [-0.15, -0.1) is 0 Å². The molecule has 2 aromatic heterocycles. The summed E-state index contributed by atoms with van der Waals surface area (Å²) < 4.78 is 44.9. The molecule has 150 valence electrons. The summed E-state index contributed by atoms with van der Waals surface area (Å²) in [5.74, 6) is 0.357. The molecule has 0 spiro atoms. The Morgan fingerprint density at radius 1 is 1.18 bits per heavy atom. The van der Waals surface area contributed by atoms with E-state index in [-0.39, 0.29) is 18.4 Å². The van der Waals surface area contributed by atoms with E-state index in [1.165, 1.54) is 12.5 Å². The molecule has 1 fully saturated rings. The number of likely N-dealkylation sites (tertiary alicyclic amines) is 1. The Labute approximate surface area is 159 Å². The molecule has 3 N–H and O–H groups in total. The van der Waals surface area contributed by atoms with Crippen molar-refractivity contribution in [3.8, 4) is 0 Å². The van der Waals surface area contributed by atoms with Gasteiger partial charge in [-0.2, -0.15) is 13.2 Å². The van der Waals surface area contributed by atoms with Gasteiger partial charge in [-0.25, -0.2) is 0 Å². The van der Waals surface area contributed by atoms with Crippen LogP contribution in [0.15, 0.2) is 28.7 Å². The number of hydrogen-bond donors (Lipinski definition) is 2. The van der Waals surface area contributed by atoms with Crippen molar-refractivity contribution in [2.75, 3.05) is 13.1 Å². The number of furan rings is 1. The van der Waals surface area contributed by atoms with Crippen LogP contribution in [0.2, 0.25) is 0 Å². The van der Waals surface area contributed by atoms with Crippen LogP contribution in [0.5, 0.6) is 0 Å². The highest BCUT2D eigenvalue weighted by atomic mass is 19.4. The molecule has 1 aromatic carbocycles. The summed E-state index contributed by atoms with van der Waals surface area (Å²) in [5, 5.41) is 0.613. The maximum absolute atomic E-state index is 12.9. The summed E-state index contributed by atoms with van der Waals surface area (Å²) >= 11 is 0. The molecule has 8 heteroatoms. The third kappa shape index (κ3) is 3.61. The van der Waals surface area contributed by atoms with Gasteiger partial charge in [-0.1, -0.05) is 6.42 Å². The van der Waals surface area contributed by atoms with Gasteiger partial charge in [0.05, 0.1) is 22.6 Å². The average Bonchev–Trinajstić information content (AvgIpc) is 3.19. The molecule has 1 aliphatic rings. The zero-order valence-corrected chi connectivity index (χ0v) is 15.3. The van der Waals surface area contributed by atoms with Crippen molar-refractivity contribution in [2.45, 2.75) is 44.3 Å². The minimum atomic E-state index is -4.39. The number of nitrogens with one attached hydrogen (secondary N) is 1. The Bertz CT molecular complexity index is 999. The number of nitrogens with zero attached hydrogens (tertiary/aromatic N) is 1. The van der Waals surface area contributed by atoms with Crippen molar-refractivity contribution >= 4 is 27.9 Å². The number of H-pyrrole nitrogens is 1. The summed E-state index contributed by atoms with van der Waals surface area (Å²) in [4.78, 5) is 16.6. The van der Waals surface area contributed by atoms with Gasteiger partial charge in [0.15, 0.2) is 5.58 Å². The Morgan fingerprint density at radius 2 is 1.93 bits per heavy atom. The Morgan fingerprint density at radius 3 is 2.61 bits per heavy atom. The fraction of sp³-hybridized carbons (Fsp3) is 0.450. The van der Waals surface area contributed by atoms with Gasteiger partial charge >= 0.3 is 6.18 Å². The second-order valence-electron chi connectivity index (χ2n) is 7.39. The van der Waals surface area contributed by atoms with Crippen LogP contribution in [0, 0.1) is 0 Å². The minimum Gasteiger partial charge on any atom is -0.457 e. The number of carbonyl (C=O) groups excluding carboxylic acids is 1. The number of aromatic nitrogens is 1. The maximum Gasteiger partial charge on any atom is 0.416 e. The van der Waals surface area contributed by atoms with E-state index in [9.17, 15) is 18.0 Å². The zero-order chi connectivity index (χ0) is 19.9. The molecule has 0 radical (unpaired) electrons. The van der Waals surface area contributed by atoms with Gasteiger partial charge in [-0.05, 0) is 50.6 Å². The third-order valence-corrected chi connectivity index (χ3v) is 5.44. The van der Waals surface area contributed by atoms with Crippen LogP contribution in [0.3, 0.4) is 0 Å². The highest BCUT2D eigenvalue weighted by Crippen LogP contribution is 2.37. The van der Waals surface area contributed by atoms with Gasteiger partial charge in [0.2, 0.25) is 5.91 Å². The summed E-state index contributed by atoms with van der Waals surface area (Å²) in [6.45, 7) is 1.85. The predicted molar refractivity (Wildman–Crippen MR) is 99.7 cm³/mol. The lowest BCUT2D eigenvalue weighted by Gasteiger charge is -2.33. The minimum absolute atomic E-state index is 0.0712. The summed E-state index contributed by atoms with van der Waals surface area (Å²) in [7, 11) is 0. The zero-order valence-electron chi connectivity index (χ0n) is 15.3. The van der Waals surface area contributed by atoms with Crippen molar-refractivity contribution in [1.29, 1.82) is 0 Å². The summed E-state index contributed by atoms with van der Waals surface area (Å²) in [6.07, 6.45) is -0.208. The van der Waals surface area contributed by atoms with Crippen LogP contribution < -0.4 is 5.73 Å². The van der Waals surface area contributed by atoms with Gasteiger partial charge in [0.25, 0.3) is 0 Å². The molecule has 1 aliphatic heterocycles. The van der Waals surface area contributed by atoms with Gasteiger partial charge < -0.3 is 15.1 Å². The van der Waals surface area contributed by atoms with Gasteiger partial charge in [0, 0.05) is 17.9 Å². The van der Waals surface area contributed by atoms with E-state index in [0.29, 0.717) is 34.2 Å². The van der Waals surface area contributed by atoms with E-state index in [2.05, 4.69) is 9.88 Å². The Kier molecular flexibility index (Phi) is 4.82. The number of amides is 1. The number of aromatic amines is 1. The van der Waals surface area contributed by atoms with Crippen molar-refractivity contribution in [3.63, 3.8) is 0 Å². The molecule has 1 atom stereocenters. The Balaban J connectivity index is 1.70. The molecule has 5 nitrogen and oxygen atoms in total. The lowest BCUT2D eigenvalue weighted by atomic mass is 10.0. The first-order chi connectivity index (χ1) is 13.3. The fourth-order valence-corrected chi connectivity index (χ4v) is 4.05. The predicted octanol–water partition coefficient (Wildman–Crippen LogP) is 4.73. The van der Waals surface area contributed by atoms with E-state index < -0.39 is 11.7 Å². The second kappa shape index (κ2) is 7.16. The SMILES string of the molecule is NC(=O)CCC(c1cc2[nH]c3cc(C(F)(F)F)ccc3c2o1)N1CCCCC1. The summed E-state index contributed by atoms with van der Waals surface area (Å²) in [6, 6.07) is 5.36. The van der Waals surface area contributed by atoms with Crippen molar-refractivity contribution in [1.82, 2.24) is 9.88 Å². The van der Waals surface area contributed by atoms with Crippen molar-refractivity contribution < 1.29 is 22.4 Å². The smallest absolute Gasteiger partial charge is 0.416 e. The Hall–Kier alpha value is -2.48. The van der Waals surface area contributed by atoms with Crippen LogP contribution in [0.25, 0.3) is 22.0 Å². The van der Waals surface area contributed by atoms with E-state index in [4.69, 9.17) is 10.2 Å². The number of fused-ring (bicyclic) bond motifs is 3. The number of rotatable bonds is 5. The number of benzene rings is 1. The van der Waals surface area contributed by atoms with Crippen LogP contribution in [0.4, 0.5) is 13.2 Å². The topological polar surface area (TPSA) is 75.3 Å². The molecule has 1 saturated heterocycles. The first-order valence-electron chi connectivity index (χ1n) is 9.47. The van der Waals surface area contributed by atoms with Crippen LogP contribution in [-0.2, 0) is 11.0 Å². The monoisotopic (exact) mass is 393 g/mol. The molecule has 0 bridgehead atoms. The molecule has 1 amide bonds. The van der Waals surface area contributed by atoms with Gasteiger partial charge in [-0.3, -0.25) is 9.69 Å².